The average molecular weight is 360 g/mol. The van der Waals surface area contributed by atoms with Crippen LogP contribution >= 0.6 is 22.9 Å². The summed E-state index contributed by atoms with van der Waals surface area (Å²) in [7, 11) is -2.34. The molecular formula is C13H14ClN3O3S2. The van der Waals surface area contributed by atoms with Gasteiger partial charge in [-0.25, -0.2) is 8.42 Å². The van der Waals surface area contributed by atoms with Crippen molar-refractivity contribution in [3.63, 3.8) is 0 Å². The van der Waals surface area contributed by atoms with Gasteiger partial charge < -0.3 is 5.32 Å². The number of carbonyl (C=O) groups excluding carboxylic acids is 1. The van der Waals surface area contributed by atoms with Gasteiger partial charge in [0.25, 0.3) is 10.0 Å². The van der Waals surface area contributed by atoms with Gasteiger partial charge in [0.15, 0.2) is 0 Å². The van der Waals surface area contributed by atoms with Crippen LogP contribution in [-0.4, -0.2) is 37.2 Å². The number of halogens is 1. The Morgan fingerprint density at radius 3 is 2.59 bits per heavy atom. The van der Waals surface area contributed by atoms with E-state index in [2.05, 4.69) is 10.3 Å². The molecule has 0 radical (unpaired) electrons. The van der Waals surface area contributed by atoms with Gasteiger partial charge in [-0.1, -0.05) is 11.6 Å². The van der Waals surface area contributed by atoms with Crippen molar-refractivity contribution in [3.05, 3.63) is 46.6 Å². The third kappa shape index (κ3) is 4.26. The Bertz CT molecular complexity index is 747. The Labute approximate surface area is 137 Å². The maximum Gasteiger partial charge on any atom is 0.252 e. The summed E-state index contributed by atoms with van der Waals surface area (Å²) in [4.78, 5) is 15.7. The van der Waals surface area contributed by atoms with Gasteiger partial charge in [0.2, 0.25) is 5.91 Å². The second-order valence-electron chi connectivity index (χ2n) is 4.45. The number of likely N-dealkylation sites (N-methyl/N-ethyl adjacent to an activating group) is 1. The van der Waals surface area contributed by atoms with E-state index in [1.807, 2.05) is 0 Å². The number of hydrogen-bond donors (Lipinski definition) is 1. The molecule has 2 aromatic rings. The van der Waals surface area contributed by atoms with E-state index in [4.69, 9.17) is 11.6 Å². The molecule has 2 heterocycles. The second kappa shape index (κ2) is 7.19. The Hall–Kier alpha value is -1.48. The first-order chi connectivity index (χ1) is 10.4. The summed E-state index contributed by atoms with van der Waals surface area (Å²) in [6.07, 6.45) is 3.25. The number of pyridine rings is 1. The van der Waals surface area contributed by atoms with E-state index in [-0.39, 0.29) is 16.7 Å². The van der Waals surface area contributed by atoms with Gasteiger partial charge in [0.1, 0.15) is 4.21 Å². The fourth-order valence-corrected chi connectivity index (χ4v) is 4.45. The van der Waals surface area contributed by atoms with Crippen LogP contribution < -0.4 is 5.32 Å². The van der Waals surface area contributed by atoms with Gasteiger partial charge in [-0.05, 0) is 29.8 Å². The molecule has 0 unspecified atom stereocenters. The molecule has 0 saturated carbocycles. The van der Waals surface area contributed by atoms with Gasteiger partial charge in [0.05, 0.1) is 10.9 Å². The summed E-state index contributed by atoms with van der Waals surface area (Å²) in [5, 5.41) is 2.66. The van der Waals surface area contributed by atoms with E-state index >= 15 is 0 Å². The standard InChI is InChI=1S/C13H14ClN3O3S2/c1-17(22(19,20)13-3-2-11(14)21-13)9-12(18)16-8-10-4-6-15-7-5-10/h2-7H,8-9H2,1H3,(H,16,18). The van der Waals surface area contributed by atoms with Crippen LogP contribution in [0.2, 0.25) is 4.34 Å². The topological polar surface area (TPSA) is 79.4 Å². The van der Waals surface area contributed by atoms with Gasteiger partial charge in [0, 0.05) is 26.0 Å². The molecule has 118 valence electrons. The summed E-state index contributed by atoms with van der Waals surface area (Å²) < 4.78 is 26.0. The van der Waals surface area contributed by atoms with Crippen LogP contribution in [0.1, 0.15) is 5.56 Å². The SMILES string of the molecule is CN(CC(=O)NCc1ccncc1)S(=O)(=O)c1ccc(Cl)s1. The first-order valence-corrected chi connectivity index (χ1v) is 8.90. The van der Waals surface area contributed by atoms with E-state index in [1.165, 1.54) is 19.2 Å². The number of sulfonamides is 1. The number of thiophene rings is 1. The molecule has 1 amide bonds. The summed E-state index contributed by atoms with van der Waals surface area (Å²) in [5.41, 5.74) is 0.888. The molecule has 9 heteroatoms. The largest absolute Gasteiger partial charge is 0.351 e. The lowest BCUT2D eigenvalue weighted by Crippen LogP contribution is -2.37. The maximum absolute atomic E-state index is 12.2. The predicted octanol–water partition coefficient (Wildman–Crippen LogP) is 1.73. The molecule has 0 atom stereocenters. The number of aromatic nitrogens is 1. The highest BCUT2D eigenvalue weighted by atomic mass is 35.5. The zero-order valence-electron chi connectivity index (χ0n) is 11.7. The fourth-order valence-electron chi connectivity index (χ4n) is 1.63. The van der Waals surface area contributed by atoms with Crippen LogP contribution in [0, 0.1) is 0 Å². The van der Waals surface area contributed by atoms with Crippen molar-refractivity contribution in [1.29, 1.82) is 0 Å². The Morgan fingerprint density at radius 1 is 1.32 bits per heavy atom. The lowest BCUT2D eigenvalue weighted by atomic mass is 10.3. The quantitative estimate of drug-likeness (QED) is 0.851. The minimum atomic E-state index is -3.70. The van der Waals surface area contributed by atoms with Crippen molar-refractivity contribution in [1.82, 2.24) is 14.6 Å². The molecule has 0 saturated heterocycles. The molecular weight excluding hydrogens is 346 g/mol. The van der Waals surface area contributed by atoms with Crippen molar-refractivity contribution < 1.29 is 13.2 Å². The van der Waals surface area contributed by atoms with Gasteiger partial charge in [-0.2, -0.15) is 4.31 Å². The molecule has 2 rings (SSSR count). The van der Waals surface area contributed by atoms with Crippen molar-refractivity contribution in [2.45, 2.75) is 10.8 Å². The minimum Gasteiger partial charge on any atom is -0.351 e. The zero-order valence-corrected chi connectivity index (χ0v) is 14.1. The Balaban J connectivity index is 1.93. The van der Waals surface area contributed by atoms with Crippen molar-refractivity contribution >= 4 is 38.9 Å². The molecule has 2 aromatic heterocycles. The third-order valence-electron chi connectivity index (χ3n) is 2.82. The van der Waals surface area contributed by atoms with Crippen LogP contribution in [-0.2, 0) is 21.4 Å². The molecule has 0 spiro atoms. The molecule has 0 fully saturated rings. The highest BCUT2D eigenvalue weighted by Gasteiger charge is 2.24. The number of amides is 1. The number of hydrogen-bond acceptors (Lipinski definition) is 5. The van der Waals surface area contributed by atoms with E-state index in [0.29, 0.717) is 10.9 Å². The molecule has 6 nitrogen and oxygen atoms in total. The van der Waals surface area contributed by atoms with Gasteiger partial charge in [-0.15, -0.1) is 11.3 Å². The fraction of sp³-hybridized carbons (Fsp3) is 0.231. The predicted molar refractivity (Wildman–Crippen MR) is 85.2 cm³/mol. The van der Waals surface area contributed by atoms with Crippen molar-refractivity contribution in [2.24, 2.45) is 0 Å². The van der Waals surface area contributed by atoms with Crippen molar-refractivity contribution in [2.75, 3.05) is 13.6 Å². The number of nitrogens with one attached hydrogen (secondary N) is 1. The number of nitrogens with zero attached hydrogens (tertiary/aromatic N) is 2. The van der Waals surface area contributed by atoms with Crippen LogP contribution in [0.15, 0.2) is 40.9 Å². The smallest absolute Gasteiger partial charge is 0.252 e. The summed E-state index contributed by atoms with van der Waals surface area (Å²) in [6.45, 7) is 0.0585. The maximum atomic E-state index is 12.2. The number of carbonyl (C=O) groups is 1. The summed E-state index contributed by atoms with van der Waals surface area (Å²) in [6, 6.07) is 6.48. The highest BCUT2D eigenvalue weighted by molar-refractivity contribution is 7.91. The molecule has 0 aliphatic rings. The molecule has 0 bridgehead atoms. The zero-order chi connectivity index (χ0) is 16.2. The van der Waals surface area contributed by atoms with Crippen LogP contribution in [0.4, 0.5) is 0 Å². The monoisotopic (exact) mass is 359 g/mol. The highest BCUT2D eigenvalue weighted by Crippen LogP contribution is 2.27. The van der Waals surface area contributed by atoms with Crippen molar-refractivity contribution in [3.8, 4) is 0 Å². The van der Waals surface area contributed by atoms with Crippen LogP contribution in [0.5, 0.6) is 0 Å². The normalized spacial score (nSPS) is 11.6. The average Bonchev–Trinajstić information content (AvgIpc) is 2.93. The second-order valence-corrected chi connectivity index (χ2v) is 8.44. The van der Waals surface area contributed by atoms with Gasteiger partial charge >= 0.3 is 0 Å². The Kier molecular flexibility index (Phi) is 5.52. The van der Waals surface area contributed by atoms with Gasteiger partial charge in [-0.3, -0.25) is 9.78 Å². The lowest BCUT2D eigenvalue weighted by Gasteiger charge is -2.15. The molecule has 22 heavy (non-hydrogen) atoms. The Morgan fingerprint density at radius 2 is 2.00 bits per heavy atom. The minimum absolute atomic E-state index is 0.113. The van der Waals surface area contributed by atoms with E-state index in [0.717, 1.165) is 21.2 Å². The third-order valence-corrected chi connectivity index (χ3v) is 6.32. The first-order valence-electron chi connectivity index (χ1n) is 6.27. The molecule has 0 aliphatic heterocycles. The molecule has 0 aliphatic carbocycles. The first kappa shape index (κ1) is 16.9. The van der Waals surface area contributed by atoms with Crippen LogP contribution in [0.3, 0.4) is 0 Å². The summed E-state index contributed by atoms with van der Waals surface area (Å²) >= 11 is 6.70. The molecule has 0 aromatic carbocycles. The molecule has 1 N–H and O–H groups in total. The number of rotatable bonds is 6. The van der Waals surface area contributed by atoms with E-state index in [9.17, 15) is 13.2 Å². The van der Waals surface area contributed by atoms with E-state index in [1.54, 1.807) is 24.5 Å². The summed E-state index contributed by atoms with van der Waals surface area (Å²) in [5.74, 6) is -0.384. The van der Waals surface area contributed by atoms with E-state index < -0.39 is 10.0 Å². The lowest BCUT2D eigenvalue weighted by molar-refractivity contribution is -0.121. The van der Waals surface area contributed by atoms with Crippen LogP contribution in [0.25, 0.3) is 0 Å².